The van der Waals surface area contributed by atoms with Crippen molar-refractivity contribution in [1.29, 1.82) is 0 Å². The van der Waals surface area contributed by atoms with Crippen LogP contribution >= 0.6 is 0 Å². The molecule has 0 spiro atoms. The molecule has 20 heavy (non-hydrogen) atoms. The van der Waals surface area contributed by atoms with Gasteiger partial charge in [-0.1, -0.05) is 25.7 Å². The van der Waals surface area contributed by atoms with Gasteiger partial charge >= 0.3 is 5.97 Å². The number of esters is 1. The largest absolute Gasteiger partial charge is 0.466 e. The molecule has 2 fully saturated rings. The smallest absolute Gasteiger partial charge is 0.306 e. The summed E-state index contributed by atoms with van der Waals surface area (Å²) in [5, 5.41) is 0. The van der Waals surface area contributed by atoms with Crippen molar-refractivity contribution in [3.8, 4) is 0 Å². The summed E-state index contributed by atoms with van der Waals surface area (Å²) >= 11 is 0. The minimum Gasteiger partial charge on any atom is -0.466 e. The maximum atomic E-state index is 11.8. The third-order valence-electron chi connectivity index (χ3n) is 4.97. The number of hydrogen-bond acceptors (Lipinski definition) is 3. The minimum atomic E-state index is 0.0311. The molecule has 1 heterocycles. The van der Waals surface area contributed by atoms with Gasteiger partial charge in [-0.3, -0.25) is 4.79 Å². The van der Waals surface area contributed by atoms with Crippen LogP contribution in [0, 0.1) is 5.92 Å². The lowest BCUT2D eigenvalue weighted by Gasteiger charge is -2.33. The van der Waals surface area contributed by atoms with Crippen molar-refractivity contribution in [1.82, 2.24) is 4.90 Å². The molecule has 2 aliphatic rings. The van der Waals surface area contributed by atoms with E-state index >= 15 is 0 Å². The second kappa shape index (κ2) is 8.66. The van der Waals surface area contributed by atoms with Crippen LogP contribution in [-0.2, 0) is 9.53 Å². The number of piperidine rings is 1. The Labute approximate surface area is 124 Å². The van der Waals surface area contributed by atoms with Gasteiger partial charge in [-0.25, -0.2) is 0 Å². The van der Waals surface area contributed by atoms with Gasteiger partial charge in [-0.05, 0) is 51.5 Å². The highest BCUT2D eigenvalue weighted by Gasteiger charge is 2.19. The molecule has 1 unspecified atom stereocenters. The Hall–Kier alpha value is -0.570. The van der Waals surface area contributed by atoms with Gasteiger partial charge in [0.05, 0.1) is 6.61 Å². The molecule has 3 nitrogen and oxygen atoms in total. The molecule has 3 heteroatoms. The van der Waals surface area contributed by atoms with E-state index in [1.807, 2.05) is 0 Å². The van der Waals surface area contributed by atoms with Crippen molar-refractivity contribution >= 4 is 5.97 Å². The topological polar surface area (TPSA) is 29.5 Å². The molecule has 0 aromatic rings. The molecule has 1 saturated heterocycles. The maximum absolute atomic E-state index is 11.8. The number of carbonyl (C=O) groups is 1. The van der Waals surface area contributed by atoms with Gasteiger partial charge in [-0.15, -0.1) is 0 Å². The van der Waals surface area contributed by atoms with E-state index in [0.717, 1.165) is 13.0 Å². The van der Waals surface area contributed by atoms with Gasteiger partial charge in [0.2, 0.25) is 0 Å². The average Bonchev–Trinajstić information content (AvgIpc) is 2.46. The van der Waals surface area contributed by atoms with E-state index in [4.69, 9.17) is 4.74 Å². The summed E-state index contributed by atoms with van der Waals surface area (Å²) < 4.78 is 5.41. The molecular weight excluding hydrogens is 250 g/mol. The fourth-order valence-corrected chi connectivity index (χ4v) is 3.63. The van der Waals surface area contributed by atoms with E-state index in [1.54, 1.807) is 0 Å². The Balaban J connectivity index is 1.52. The first kappa shape index (κ1) is 15.8. The molecule has 1 aliphatic carbocycles. The molecule has 2 rings (SSSR count). The number of carbonyl (C=O) groups excluding carboxylic acids is 1. The maximum Gasteiger partial charge on any atom is 0.306 e. The van der Waals surface area contributed by atoms with Gasteiger partial charge in [0.1, 0.15) is 0 Å². The molecule has 0 amide bonds. The van der Waals surface area contributed by atoms with E-state index in [1.165, 1.54) is 57.9 Å². The second-order valence-corrected chi connectivity index (χ2v) is 6.66. The van der Waals surface area contributed by atoms with Gasteiger partial charge in [0.25, 0.3) is 0 Å². The standard InChI is InChI=1S/C17H31NO2/c1-15-8-5-6-11-18(15)12-7-13-20-17(19)14-16-9-3-2-4-10-16/h15-16H,2-14H2,1H3. The molecule has 1 atom stereocenters. The van der Waals surface area contributed by atoms with E-state index < -0.39 is 0 Å². The Morgan fingerprint density at radius 1 is 1.10 bits per heavy atom. The summed E-state index contributed by atoms with van der Waals surface area (Å²) in [5.74, 6) is 0.627. The van der Waals surface area contributed by atoms with Crippen LogP contribution in [-0.4, -0.2) is 36.6 Å². The zero-order valence-corrected chi connectivity index (χ0v) is 13.1. The van der Waals surface area contributed by atoms with Crippen LogP contribution in [0.25, 0.3) is 0 Å². The number of nitrogens with zero attached hydrogens (tertiary/aromatic N) is 1. The van der Waals surface area contributed by atoms with Crippen LogP contribution in [0.15, 0.2) is 0 Å². The molecule has 1 saturated carbocycles. The molecular formula is C17H31NO2. The van der Waals surface area contributed by atoms with E-state index in [0.29, 0.717) is 25.0 Å². The normalized spacial score (nSPS) is 25.6. The second-order valence-electron chi connectivity index (χ2n) is 6.66. The van der Waals surface area contributed by atoms with Crippen molar-refractivity contribution < 1.29 is 9.53 Å². The van der Waals surface area contributed by atoms with E-state index in [9.17, 15) is 4.79 Å². The Bertz CT molecular complexity index is 287. The lowest BCUT2D eigenvalue weighted by molar-refractivity contribution is -0.145. The van der Waals surface area contributed by atoms with E-state index in [-0.39, 0.29) is 5.97 Å². The van der Waals surface area contributed by atoms with Crippen LogP contribution < -0.4 is 0 Å². The van der Waals surface area contributed by atoms with Gasteiger partial charge < -0.3 is 9.64 Å². The summed E-state index contributed by atoms with van der Waals surface area (Å²) in [7, 11) is 0. The number of hydrogen-bond donors (Lipinski definition) is 0. The number of rotatable bonds is 6. The van der Waals surface area contributed by atoms with Gasteiger partial charge in [0.15, 0.2) is 0 Å². The number of likely N-dealkylation sites (tertiary alicyclic amines) is 1. The Kier molecular flexibility index (Phi) is 6.85. The fraction of sp³-hybridized carbons (Fsp3) is 0.941. The quantitative estimate of drug-likeness (QED) is 0.548. The third-order valence-corrected chi connectivity index (χ3v) is 4.97. The van der Waals surface area contributed by atoms with Crippen LogP contribution in [0.3, 0.4) is 0 Å². The zero-order chi connectivity index (χ0) is 14.2. The first-order chi connectivity index (χ1) is 9.75. The average molecular weight is 281 g/mol. The monoisotopic (exact) mass is 281 g/mol. The SMILES string of the molecule is CC1CCCCN1CCCOC(=O)CC1CCCCC1. The van der Waals surface area contributed by atoms with Crippen molar-refractivity contribution in [3.63, 3.8) is 0 Å². The third kappa shape index (κ3) is 5.43. The highest BCUT2D eigenvalue weighted by molar-refractivity contribution is 5.69. The van der Waals surface area contributed by atoms with Crippen molar-refractivity contribution in [2.45, 2.75) is 77.2 Å². The van der Waals surface area contributed by atoms with Gasteiger partial charge in [0, 0.05) is 19.0 Å². The van der Waals surface area contributed by atoms with Gasteiger partial charge in [-0.2, -0.15) is 0 Å². The molecule has 1 aliphatic heterocycles. The minimum absolute atomic E-state index is 0.0311. The summed E-state index contributed by atoms with van der Waals surface area (Å²) in [6.07, 6.45) is 12.0. The van der Waals surface area contributed by atoms with Crippen LogP contribution in [0.2, 0.25) is 0 Å². The summed E-state index contributed by atoms with van der Waals surface area (Å²) in [5.41, 5.74) is 0. The highest BCUT2D eigenvalue weighted by Crippen LogP contribution is 2.26. The lowest BCUT2D eigenvalue weighted by atomic mass is 9.87. The predicted molar refractivity (Wildman–Crippen MR) is 81.7 cm³/mol. The van der Waals surface area contributed by atoms with Crippen LogP contribution in [0.4, 0.5) is 0 Å². The molecule has 0 bridgehead atoms. The molecule has 0 aromatic heterocycles. The molecule has 0 radical (unpaired) electrons. The van der Waals surface area contributed by atoms with E-state index in [2.05, 4.69) is 11.8 Å². The lowest BCUT2D eigenvalue weighted by Crippen LogP contribution is -2.38. The first-order valence-corrected chi connectivity index (χ1v) is 8.65. The first-order valence-electron chi connectivity index (χ1n) is 8.65. The number of ether oxygens (including phenoxy) is 1. The van der Waals surface area contributed by atoms with Crippen LogP contribution in [0.1, 0.15) is 71.1 Å². The Morgan fingerprint density at radius 3 is 2.60 bits per heavy atom. The molecule has 0 aromatic carbocycles. The summed E-state index contributed by atoms with van der Waals surface area (Å²) in [6.45, 7) is 5.22. The van der Waals surface area contributed by atoms with Crippen LogP contribution in [0.5, 0.6) is 0 Å². The molecule has 116 valence electrons. The highest BCUT2D eigenvalue weighted by atomic mass is 16.5. The van der Waals surface area contributed by atoms with Crippen molar-refractivity contribution in [3.05, 3.63) is 0 Å². The Morgan fingerprint density at radius 2 is 1.85 bits per heavy atom. The van der Waals surface area contributed by atoms with Crippen molar-refractivity contribution in [2.24, 2.45) is 5.92 Å². The van der Waals surface area contributed by atoms with Crippen molar-refractivity contribution in [2.75, 3.05) is 19.7 Å². The molecule has 0 N–H and O–H groups in total. The predicted octanol–water partition coefficient (Wildman–Crippen LogP) is 3.76. The zero-order valence-electron chi connectivity index (χ0n) is 13.1. The summed E-state index contributed by atoms with van der Waals surface area (Å²) in [6, 6.07) is 0.710. The fourth-order valence-electron chi connectivity index (χ4n) is 3.63. The summed E-state index contributed by atoms with van der Waals surface area (Å²) in [4.78, 5) is 14.3.